The SMILES string of the molecule is CCc1cc(CC)c(O)c(Cc2cc(CC)c(O)c(CC)c2)c1. The Morgan fingerprint density at radius 3 is 1.39 bits per heavy atom. The lowest BCUT2D eigenvalue weighted by Gasteiger charge is -2.14. The van der Waals surface area contributed by atoms with Crippen molar-refractivity contribution in [3.8, 4) is 11.5 Å². The quantitative estimate of drug-likeness (QED) is 0.793. The summed E-state index contributed by atoms with van der Waals surface area (Å²) in [6, 6.07) is 8.35. The lowest BCUT2D eigenvalue weighted by Crippen LogP contribution is -1.98. The Balaban J connectivity index is 2.46. The summed E-state index contributed by atoms with van der Waals surface area (Å²) in [5.41, 5.74) is 6.39. The number of hydrogen-bond donors (Lipinski definition) is 2. The van der Waals surface area contributed by atoms with Crippen LogP contribution in [0.5, 0.6) is 11.5 Å². The molecule has 0 aliphatic carbocycles. The van der Waals surface area contributed by atoms with E-state index in [1.165, 1.54) is 5.56 Å². The van der Waals surface area contributed by atoms with Crippen LogP contribution in [-0.4, -0.2) is 10.2 Å². The maximum Gasteiger partial charge on any atom is 0.122 e. The monoisotopic (exact) mass is 312 g/mol. The van der Waals surface area contributed by atoms with Gasteiger partial charge in [-0.25, -0.2) is 0 Å². The van der Waals surface area contributed by atoms with E-state index in [4.69, 9.17) is 0 Å². The predicted molar refractivity (Wildman–Crippen MR) is 96.5 cm³/mol. The Bertz CT molecular complexity index is 661. The average Bonchev–Trinajstić information content (AvgIpc) is 2.57. The molecule has 0 amide bonds. The van der Waals surface area contributed by atoms with Crippen molar-refractivity contribution in [3.63, 3.8) is 0 Å². The summed E-state index contributed by atoms with van der Waals surface area (Å²) < 4.78 is 0. The van der Waals surface area contributed by atoms with Crippen molar-refractivity contribution in [2.45, 2.75) is 59.8 Å². The van der Waals surface area contributed by atoms with E-state index in [1.807, 2.05) is 0 Å². The zero-order chi connectivity index (χ0) is 17.0. The predicted octanol–water partition coefficient (Wildman–Crippen LogP) is 4.94. The Hall–Kier alpha value is -1.96. The minimum absolute atomic E-state index is 0.425. The molecule has 2 rings (SSSR count). The van der Waals surface area contributed by atoms with E-state index in [9.17, 15) is 10.2 Å². The molecule has 0 spiro atoms. The molecule has 0 fully saturated rings. The fourth-order valence-corrected chi connectivity index (χ4v) is 3.13. The maximum absolute atomic E-state index is 10.5. The van der Waals surface area contributed by atoms with Crippen LogP contribution in [0.4, 0.5) is 0 Å². The second kappa shape index (κ2) is 7.54. The lowest BCUT2D eigenvalue weighted by atomic mass is 9.93. The van der Waals surface area contributed by atoms with Crippen LogP contribution in [-0.2, 0) is 32.1 Å². The molecule has 2 aromatic rings. The number of aromatic hydroxyl groups is 2. The molecule has 0 radical (unpaired) electrons. The second-order valence-electron chi connectivity index (χ2n) is 6.12. The molecule has 0 heterocycles. The summed E-state index contributed by atoms with van der Waals surface area (Å²) in [5.74, 6) is 0.855. The molecule has 0 saturated heterocycles. The van der Waals surface area contributed by atoms with Crippen molar-refractivity contribution in [3.05, 3.63) is 57.6 Å². The van der Waals surface area contributed by atoms with Crippen LogP contribution in [0.1, 0.15) is 61.1 Å². The molecule has 0 bridgehead atoms. The zero-order valence-electron chi connectivity index (χ0n) is 14.7. The van der Waals surface area contributed by atoms with Gasteiger partial charge in [0.1, 0.15) is 11.5 Å². The molecule has 124 valence electrons. The van der Waals surface area contributed by atoms with Gasteiger partial charge in [0.05, 0.1) is 0 Å². The first kappa shape index (κ1) is 17.4. The molecule has 0 aliphatic rings. The molecule has 23 heavy (non-hydrogen) atoms. The molecule has 2 N–H and O–H groups in total. The Kier molecular flexibility index (Phi) is 5.70. The van der Waals surface area contributed by atoms with Crippen LogP contribution >= 0.6 is 0 Å². The highest BCUT2D eigenvalue weighted by atomic mass is 16.3. The molecular weight excluding hydrogens is 284 g/mol. The Labute approximate surface area is 139 Å². The minimum Gasteiger partial charge on any atom is -0.507 e. The second-order valence-corrected chi connectivity index (χ2v) is 6.12. The zero-order valence-corrected chi connectivity index (χ0v) is 14.7. The fraction of sp³-hybridized carbons (Fsp3) is 0.429. The van der Waals surface area contributed by atoms with E-state index in [0.717, 1.165) is 53.5 Å². The van der Waals surface area contributed by atoms with Gasteiger partial charge in [0.2, 0.25) is 0 Å². The van der Waals surface area contributed by atoms with E-state index in [2.05, 4.69) is 52.0 Å². The topological polar surface area (TPSA) is 40.5 Å². The average molecular weight is 312 g/mol. The molecule has 2 nitrogen and oxygen atoms in total. The smallest absolute Gasteiger partial charge is 0.122 e. The largest absolute Gasteiger partial charge is 0.507 e. The summed E-state index contributed by atoms with van der Waals surface area (Å²) in [6.45, 7) is 8.33. The number of phenols is 2. The number of hydrogen-bond acceptors (Lipinski definition) is 2. The molecule has 2 heteroatoms. The van der Waals surface area contributed by atoms with Crippen molar-refractivity contribution in [1.29, 1.82) is 0 Å². The summed E-state index contributed by atoms with van der Waals surface area (Å²) >= 11 is 0. The van der Waals surface area contributed by atoms with Gasteiger partial charge in [-0.3, -0.25) is 0 Å². The van der Waals surface area contributed by atoms with Gasteiger partial charge < -0.3 is 10.2 Å². The standard InChI is InChI=1S/C21H28O2/c1-5-14-9-16(6-2)21(23)19(10-14)13-15-11-17(7-3)20(22)18(8-4)12-15/h9-12,22-23H,5-8,13H2,1-4H3. The van der Waals surface area contributed by atoms with E-state index in [0.29, 0.717) is 17.9 Å². The van der Waals surface area contributed by atoms with Crippen LogP contribution in [0.25, 0.3) is 0 Å². The molecule has 0 aromatic heterocycles. The van der Waals surface area contributed by atoms with Crippen molar-refractivity contribution < 1.29 is 10.2 Å². The van der Waals surface area contributed by atoms with Gasteiger partial charge in [-0.1, -0.05) is 52.0 Å². The number of phenolic OH excluding ortho intramolecular Hbond substituents is 2. The van der Waals surface area contributed by atoms with Crippen LogP contribution in [0.2, 0.25) is 0 Å². The minimum atomic E-state index is 0.425. The van der Waals surface area contributed by atoms with Crippen LogP contribution < -0.4 is 0 Å². The first-order valence-electron chi connectivity index (χ1n) is 8.71. The number of aryl methyl sites for hydroxylation is 4. The first-order chi connectivity index (χ1) is 11.0. The first-order valence-corrected chi connectivity index (χ1v) is 8.71. The molecule has 0 saturated carbocycles. The molecule has 0 atom stereocenters. The maximum atomic E-state index is 10.5. The van der Waals surface area contributed by atoms with E-state index in [-0.39, 0.29) is 0 Å². The van der Waals surface area contributed by atoms with E-state index >= 15 is 0 Å². The molecular formula is C21H28O2. The third-order valence-electron chi connectivity index (χ3n) is 4.60. The normalized spacial score (nSPS) is 11.0. The number of benzene rings is 2. The van der Waals surface area contributed by atoms with Crippen molar-refractivity contribution >= 4 is 0 Å². The van der Waals surface area contributed by atoms with Crippen molar-refractivity contribution in [1.82, 2.24) is 0 Å². The highest BCUT2D eigenvalue weighted by Crippen LogP contribution is 2.31. The fourth-order valence-electron chi connectivity index (χ4n) is 3.13. The van der Waals surface area contributed by atoms with Crippen molar-refractivity contribution in [2.24, 2.45) is 0 Å². The third kappa shape index (κ3) is 3.69. The Morgan fingerprint density at radius 1 is 0.565 bits per heavy atom. The van der Waals surface area contributed by atoms with Gasteiger partial charge in [-0.05, 0) is 59.1 Å². The van der Waals surface area contributed by atoms with Crippen LogP contribution in [0.3, 0.4) is 0 Å². The van der Waals surface area contributed by atoms with Crippen LogP contribution in [0.15, 0.2) is 24.3 Å². The summed E-state index contributed by atoms with van der Waals surface area (Å²) in [5, 5.41) is 20.8. The van der Waals surface area contributed by atoms with Crippen molar-refractivity contribution in [2.75, 3.05) is 0 Å². The van der Waals surface area contributed by atoms with Crippen LogP contribution in [0, 0.1) is 0 Å². The molecule has 0 aliphatic heterocycles. The molecule has 0 unspecified atom stereocenters. The van der Waals surface area contributed by atoms with E-state index in [1.54, 1.807) is 0 Å². The lowest BCUT2D eigenvalue weighted by molar-refractivity contribution is 0.461. The summed E-state index contributed by atoms with van der Waals surface area (Å²) in [4.78, 5) is 0. The third-order valence-corrected chi connectivity index (χ3v) is 4.60. The van der Waals surface area contributed by atoms with Gasteiger partial charge in [-0.15, -0.1) is 0 Å². The van der Waals surface area contributed by atoms with Gasteiger partial charge in [-0.2, -0.15) is 0 Å². The highest BCUT2D eigenvalue weighted by molar-refractivity contribution is 5.49. The van der Waals surface area contributed by atoms with Gasteiger partial charge in [0.15, 0.2) is 0 Å². The van der Waals surface area contributed by atoms with Gasteiger partial charge >= 0.3 is 0 Å². The Morgan fingerprint density at radius 2 is 0.957 bits per heavy atom. The molecule has 2 aromatic carbocycles. The summed E-state index contributed by atoms with van der Waals surface area (Å²) in [7, 11) is 0. The number of rotatable bonds is 6. The van der Waals surface area contributed by atoms with Gasteiger partial charge in [0.25, 0.3) is 0 Å². The highest BCUT2D eigenvalue weighted by Gasteiger charge is 2.12. The van der Waals surface area contributed by atoms with Gasteiger partial charge in [0, 0.05) is 6.42 Å². The summed E-state index contributed by atoms with van der Waals surface area (Å²) in [6.07, 6.45) is 4.13. The van der Waals surface area contributed by atoms with E-state index < -0.39 is 0 Å².